The zero-order valence-corrected chi connectivity index (χ0v) is 23.1. The highest BCUT2D eigenvalue weighted by molar-refractivity contribution is 7.92. The Morgan fingerprint density at radius 1 is 1.05 bits per heavy atom. The minimum Gasteiger partial charge on any atom is -0.336 e. The van der Waals surface area contributed by atoms with E-state index in [1.165, 1.54) is 21.3 Å². The van der Waals surface area contributed by atoms with Crippen molar-refractivity contribution in [3.8, 4) is 0 Å². The van der Waals surface area contributed by atoms with Crippen molar-refractivity contribution in [2.75, 3.05) is 26.2 Å². The van der Waals surface area contributed by atoms with E-state index < -0.39 is 50.4 Å². The van der Waals surface area contributed by atoms with Crippen molar-refractivity contribution in [1.29, 1.82) is 0 Å². The SMILES string of the molecule is C=CS(=O)(=O)NCC1CCCN1S(=O)(=O)c1ccc(C(Cc2ccccc2)C(=O)N2CCCC(F)(F)C2)cc1. The van der Waals surface area contributed by atoms with Crippen LogP contribution >= 0.6 is 0 Å². The van der Waals surface area contributed by atoms with Crippen LogP contribution < -0.4 is 4.72 Å². The first-order chi connectivity index (χ1) is 18.4. The number of hydrogen-bond acceptors (Lipinski definition) is 5. The number of piperidine rings is 1. The summed E-state index contributed by atoms with van der Waals surface area (Å²) in [6.45, 7) is 3.05. The highest BCUT2D eigenvalue weighted by Gasteiger charge is 2.40. The third-order valence-corrected chi connectivity index (χ3v) is 10.2. The van der Waals surface area contributed by atoms with Crippen molar-refractivity contribution in [1.82, 2.24) is 13.9 Å². The molecule has 2 aliphatic heterocycles. The first-order valence-corrected chi connectivity index (χ1v) is 15.8. The van der Waals surface area contributed by atoms with Crippen molar-refractivity contribution < 1.29 is 30.4 Å². The molecule has 2 fully saturated rings. The molecule has 2 unspecified atom stereocenters. The highest BCUT2D eigenvalue weighted by Crippen LogP contribution is 2.32. The third kappa shape index (κ3) is 7.10. The lowest BCUT2D eigenvalue weighted by Gasteiger charge is -2.35. The van der Waals surface area contributed by atoms with Crippen LogP contribution in [0.5, 0.6) is 0 Å². The molecular formula is C27H33F2N3O5S2. The number of rotatable bonds is 10. The average molecular weight is 582 g/mol. The van der Waals surface area contributed by atoms with Gasteiger partial charge >= 0.3 is 0 Å². The molecule has 2 aromatic carbocycles. The Balaban J connectivity index is 1.57. The number of benzene rings is 2. The van der Waals surface area contributed by atoms with Gasteiger partial charge in [-0.2, -0.15) is 4.31 Å². The molecule has 8 nitrogen and oxygen atoms in total. The predicted octanol–water partition coefficient (Wildman–Crippen LogP) is 3.49. The first-order valence-electron chi connectivity index (χ1n) is 12.9. The number of alkyl halides is 2. The summed E-state index contributed by atoms with van der Waals surface area (Å²) < 4.78 is 82.2. The molecular weight excluding hydrogens is 548 g/mol. The lowest BCUT2D eigenvalue weighted by atomic mass is 9.90. The van der Waals surface area contributed by atoms with Gasteiger partial charge in [-0.05, 0) is 48.9 Å². The molecule has 2 saturated heterocycles. The topological polar surface area (TPSA) is 104 Å². The van der Waals surface area contributed by atoms with E-state index in [4.69, 9.17) is 0 Å². The Morgan fingerprint density at radius 2 is 1.74 bits per heavy atom. The van der Waals surface area contributed by atoms with Crippen LogP contribution in [0.3, 0.4) is 0 Å². The second kappa shape index (κ2) is 11.8. The number of nitrogens with one attached hydrogen (secondary N) is 1. The molecule has 1 N–H and O–H groups in total. The van der Waals surface area contributed by atoms with Gasteiger partial charge in [-0.1, -0.05) is 49.0 Å². The van der Waals surface area contributed by atoms with Crippen molar-refractivity contribution in [3.05, 3.63) is 77.7 Å². The molecule has 0 aliphatic carbocycles. The Hall–Kier alpha value is -2.67. The molecule has 0 spiro atoms. The summed E-state index contributed by atoms with van der Waals surface area (Å²) in [6.07, 6.45) is 1.34. The number of nitrogens with zero attached hydrogens (tertiary/aromatic N) is 2. The fourth-order valence-corrected chi connectivity index (χ4v) is 7.42. The minimum atomic E-state index is -3.94. The molecule has 212 valence electrons. The summed E-state index contributed by atoms with van der Waals surface area (Å²) in [5.74, 6) is -4.11. The number of carbonyl (C=O) groups excluding carboxylic acids is 1. The maximum Gasteiger partial charge on any atom is 0.265 e. The van der Waals surface area contributed by atoms with Crippen molar-refractivity contribution in [2.24, 2.45) is 0 Å². The molecule has 0 aromatic heterocycles. The van der Waals surface area contributed by atoms with Crippen LogP contribution in [0.1, 0.15) is 42.7 Å². The van der Waals surface area contributed by atoms with Crippen LogP contribution in [0.25, 0.3) is 0 Å². The van der Waals surface area contributed by atoms with E-state index in [0.717, 1.165) is 11.0 Å². The largest absolute Gasteiger partial charge is 0.336 e. The van der Waals surface area contributed by atoms with E-state index >= 15 is 0 Å². The lowest BCUT2D eigenvalue weighted by molar-refractivity contribution is -0.143. The van der Waals surface area contributed by atoms with Crippen molar-refractivity contribution in [3.63, 3.8) is 0 Å². The fraction of sp³-hybridized carbons (Fsp3) is 0.444. The van der Waals surface area contributed by atoms with Gasteiger partial charge in [-0.15, -0.1) is 0 Å². The second-order valence-corrected chi connectivity index (χ2v) is 13.6. The molecule has 2 aliphatic rings. The molecule has 0 bridgehead atoms. The van der Waals surface area contributed by atoms with Gasteiger partial charge in [-0.3, -0.25) is 4.79 Å². The van der Waals surface area contributed by atoms with Gasteiger partial charge in [0.25, 0.3) is 5.92 Å². The summed E-state index contributed by atoms with van der Waals surface area (Å²) in [6, 6.07) is 14.7. The van der Waals surface area contributed by atoms with Gasteiger partial charge in [0, 0.05) is 37.5 Å². The Kier molecular flexibility index (Phi) is 8.89. The number of amides is 1. The number of likely N-dealkylation sites (tertiary alicyclic amines) is 1. The van der Waals surface area contributed by atoms with E-state index in [0.29, 0.717) is 18.4 Å². The summed E-state index contributed by atoms with van der Waals surface area (Å²) in [5, 5.41) is 0.775. The van der Waals surface area contributed by atoms with Gasteiger partial charge in [0.15, 0.2) is 0 Å². The maximum absolute atomic E-state index is 14.1. The number of carbonyl (C=O) groups is 1. The van der Waals surface area contributed by atoms with Gasteiger partial charge in [-0.25, -0.2) is 30.3 Å². The molecule has 39 heavy (non-hydrogen) atoms. The Labute approximate surface area is 228 Å². The molecule has 1 amide bonds. The normalized spacial score (nSPS) is 21.0. The summed E-state index contributed by atoms with van der Waals surface area (Å²) in [7, 11) is -7.64. The fourth-order valence-electron chi connectivity index (χ4n) is 5.18. The first kappa shape index (κ1) is 29.3. The zero-order chi connectivity index (χ0) is 28.3. The molecule has 2 heterocycles. The Bertz CT molecular complexity index is 1380. The molecule has 12 heteroatoms. The molecule has 2 aromatic rings. The summed E-state index contributed by atoms with van der Waals surface area (Å²) in [5.41, 5.74) is 1.40. The Morgan fingerprint density at radius 3 is 2.38 bits per heavy atom. The van der Waals surface area contributed by atoms with Gasteiger partial charge < -0.3 is 4.90 Å². The van der Waals surface area contributed by atoms with Gasteiger partial charge in [0.2, 0.25) is 26.0 Å². The standard InChI is InChI=1S/C27H33F2N3O5S2/c1-2-38(34,35)30-19-23-10-6-17-32(23)39(36,37)24-13-11-22(12-14-24)25(18-21-8-4-3-5-9-21)26(33)31-16-7-15-27(28,29)20-31/h2-5,8-9,11-14,23,25,30H,1,6-7,10,15-20H2. The monoisotopic (exact) mass is 581 g/mol. The molecule has 0 radical (unpaired) electrons. The number of sulfonamides is 2. The number of hydrogen-bond donors (Lipinski definition) is 1. The average Bonchev–Trinajstić information content (AvgIpc) is 3.40. The van der Waals surface area contributed by atoms with Crippen molar-refractivity contribution >= 4 is 26.0 Å². The van der Waals surface area contributed by atoms with E-state index in [-0.39, 0.29) is 43.8 Å². The molecule has 4 rings (SSSR count). The zero-order valence-electron chi connectivity index (χ0n) is 21.5. The number of halogens is 2. The van der Waals surface area contributed by atoms with Crippen LogP contribution in [0, 0.1) is 0 Å². The molecule has 2 atom stereocenters. The van der Waals surface area contributed by atoms with E-state index in [9.17, 15) is 30.4 Å². The minimum absolute atomic E-state index is 0.0140. The van der Waals surface area contributed by atoms with Gasteiger partial charge in [0.1, 0.15) is 0 Å². The molecule has 0 saturated carbocycles. The van der Waals surface area contributed by atoms with E-state index in [1.54, 1.807) is 12.1 Å². The smallest absolute Gasteiger partial charge is 0.265 e. The van der Waals surface area contributed by atoms with Crippen LogP contribution in [0.4, 0.5) is 8.78 Å². The third-order valence-electron chi connectivity index (χ3n) is 7.24. The summed E-state index contributed by atoms with van der Waals surface area (Å²) in [4.78, 5) is 14.7. The van der Waals surface area contributed by atoms with Crippen LogP contribution in [-0.2, 0) is 31.3 Å². The second-order valence-electron chi connectivity index (χ2n) is 10.0. The van der Waals surface area contributed by atoms with Crippen molar-refractivity contribution in [2.45, 2.75) is 54.9 Å². The van der Waals surface area contributed by atoms with E-state index in [1.807, 2.05) is 30.3 Å². The lowest BCUT2D eigenvalue weighted by Crippen LogP contribution is -2.47. The maximum atomic E-state index is 14.1. The van der Waals surface area contributed by atoms with Crippen LogP contribution in [-0.4, -0.2) is 70.1 Å². The highest BCUT2D eigenvalue weighted by atomic mass is 32.2. The van der Waals surface area contributed by atoms with Crippen LogP contribution in [0.15, 0.2) is 71.5 Å². The van der Waals surface area contributed by atoms with Crippen LogP contribution in [0.2, 0.25) is 0 Å². The quantitative estimate of drug-likeness (QED) is 0.463. The van der Waals surface area contributed by atoms with Gasteiger partial charge in [0.05, 0.1) is 17.4 Å². The van der Waals surface area contributed by atoms with E-state index in [2.05, 4.69) is 11.3 Å². The summed E-state index contributed by atoms with van der Waals surface area (Å²) >= 11 is 0. The predicted molar refractivity (Wildman–Crippen MR) is 144 cm³/mol.